The standard InChI is InChI=1S/C19H16Cl2N4O/c1-2-3-7-16-24-25-19(26-16)11-8-9-14-15(10-11)23-18(22-14)17-12(20)5-4-6-13(17)21/h4-6,8-10H,2-3,7H2,1H3,(H,22,23). The number of fused-ring (bicyclic) bond motifs is 1. The fraction of sp³-hybridized carbons (Fsp3) is 0.211. The lowest BCUT2D eigenvalue weighted by Gasteiger charge is -2.02. The fourth-order valence-electron chi connectivity index (χ4n) is 2.78. The normalized spacial score (nSPS) is 11.3. The SMILES string of the molecule is CCCCc1nnc(-c2ccc3nc(-c4c(Cl)cccc4Cl)[nH]c3c2)o1. The third kappa shape index (κ3) is 3.20. The van der Waals surface area contributed by atoms with Crippen molar-refractivity contribution >= 4 is 34.2 Å². The minimum atomic E-state index is 0.505. The Labute approximate surface area is 160 Å². The highest BCUT2D eigenvalue weighted by Crippen LogP contribution is 2.34. The molecule has 2 aromatic carbocycles. The van der Waals surface area contributed by atoms with Crippen LogP contribution in [0.2, 0.25) is 10.0 Å². The molecule has 0 bridgehead atoms. The third-order valence-electron chi connectivity index (χ3n) is 4.14. The number of rotatable bonds is 5. The van der Waals surface area contributed by atoms with Gasteiger partial charge in [-0.2, -0.15) is 0 Å². The Bertz CT molecular complexity index is 1050. The van der Waals surface area contributed by atoms with Crippen LogP contribution in [0.3, 0.4) is 0 Å². The van der Waals surface area contributed by atoms with Crippen molar-refractivity contribution < 1.29 is 4.42 Å². The number of unbranched alkanes of at least 4 members (excludes halogenated alkanes) is 1. The molecule has 0 aliphatic carbocycles. The van der Waals surface area contributed by atoms with Crippen LogP contribution in [-0.4, -0.2) is 20.2 Å². The maximum absolute atomic E-state index is 6.29. The Hall–Kier alpha value is -2.37. The van der Waals surface area contributed by atoms with Gasteiger partial charge in [0.2, 0.25) is 11.8 Å². The van der Waals surface area contributed by atoms with Gasteiger partial charge >= 0.3 is 0 Å². The first-order chi connectivity index (χ1) is 12.7. The van der Waals surface area contributed by atoms with Crippen molar-refractivity contribution in [2.24, 2.45) is 0 Å². The van der Waals surface area contributed by atoms with Crippen molar-refractivity contribution in [3.8, 4) is 22.8 Å². The number of imidazole rings is 1. The fourth-order valence-corrected chi connectivity index (χ4v) is 3.36. The predicted molar refractivity (Wildman–Crippen MR) is 103 cm³/mol. The van der Waals surface area contributed by atoms with Crippen molar-refractivity contribution in [1.29, 1.82) is 0 Å². The van der Waals surface area contributed by atoms with E-state index in [1.165, 1.54) is 0 Å². The van der Waals surface area contributed by atoms with Gasteiger partial charge in [-0.15, -0.1) is 10.2 Å². The summed E-state index contributed by atoms with van der Waals surface area (Å²) in [5.41, 5.74) is 3.19. The van der Waals surface area contributed by atoms with Crippen LogP contribution in [0.15, 0.2) is 40.8 Å². The topological polar surface area (TPSA) is 67.6 Å². The van der Waals surface area contributed by atoms with E-state index in [9.17, 15) is 0 Å². The number of hydrogen-bond acceptors (Lipinski definition) is 4. The highest BCUT2D eigenvalue weighted by Gasteiger charge is 2.14. The molecule has 0 amide bonds. The van der Waals surface area contributed by atoms with Crippen LogP contribution in [0.25, 0.3) is 33.9 Å². The Morgan fingerprint density at radius 1 is 1.08 bits per heavy atom. The maximum atomic E-state index is 6.29. The molecule has 2 heterocycles. The smallest absolute Gasteiger partial charge is 0.247 e. The molecule has 0 radical (unpaired) electrons. The zero-order chi connectivity index (χ0) is 18.1. The minimum Gasteiger partial charge on any atom is -0.421 e. The lowest BCUT2D eigenvalue weighted by Crippen LogP contribution is -1.83. The molecule has 0 unspecified atom stereocenters. The number of benzene rings is 2. The van der Waals surface area contributed by atoms with Crippen LogP contribution in [0.4, 0.5) is 0 Å². The van der Waals surface area contributed by atoms with Crippen LogP contribution >= 0.6 is 23.2 Å². The molecular formula is C19H16Cl2N4O. The molecule has 2 aromatic heterocycles. The first-order valence-electron chi connectivity index (χ1n) is 8.42. The molecule has 26 heavy (non-hydrogen) atoms. The molecule has 0 fully saturated rings. The summed E-state index contributed by atoms with van der Waals surface area (Å²) in [5.74, 6) is 1.79. The van der Waals surface area contributed by atoms with Gasteiger partial charge in [-0.1, -0.05) is 42.6 Å². The van der Waals surface area contributed by atoms with E-state index in [1.54, 1.807) is 18.2 Å². The molecule has 0 aliphatic heterocycles. The van der Waals surface area contributed by atoms with Crippen molar-refractivity contribution in [3.63, 3.8) is 0 Å². The number of aryl methyl sites for hydroxylation is 1. The van der Waals surface area contributed by atoms with E-state index in [2.05, 4.69) is 27.1 Å². The van der Waals surface area contributed by atoms with E-state index in [0.717, 1.165) is 35.9 Å². The van der Waals surface area contributed by atoms with Gasteiger partial charge in [0, 0.05) is 12.0 Å². The molecule has 132 valence electrons. The summed E-state index contributed by atoms with van der Waals surface area (Å²) in [6, 6.07) is 11.1. The molecule has 0 spiro atoms. The number of hydrogen-bond donors (Lipinski definition) is 1. The summed E-state index contributed by atoms with van der Waals surface area (Å²) in [6.45, 7) is 2.13. The zero-order valence-electron chi connectivity index (χ0n) is 14.1. The van der Waals surface area contributed by atoms with Crippen LogP contribution in [0.1, 0.15) is 25.7 Å². The quantitative estimate of drug-likeness (QED) is 0.461. The summed E-state index contributed by atoms with van der Waals surface area (Å²) in [7, 11) is 0. The van der Waals surface area contributed by atoms with Crippen LogP contribution in [-0.2, 0) is 6.42 Å². The predicted octanol–water partition coefficient (Wildman–Crippen LogP) is 5.93. The Morgan fingerprint density at radius 3 is 2.65 bits per heavy atom. The number of nitrogens with zero attached hydrogens (tertiary/aromatic N) is 3. The van der Waals surface area contributed by atoms with E-state index >= 15 is 0 Å². The number of nitrogens with one attached hydrogen (secondary N) is 1. The zero-order valence-corrected chi connectivity index (χ0v) is 15.6. The van der Waals surface area contributed by atoms with Gasteiger partial charge < -0.3 is 9.40 Å². The Morgan fingerprint density at radius 2 is 1.88 bits per heavy atom. The number of aromatic amines is 1. The second-order valence-electron chi connectivity index (χ2n) is 6.02. The summed E-state index contributed by atoms with van der Waals surface area (Å²) < 4.78 is 5.75. The monoisotopic (exact) mass is 386 g/mol. The van der Waals surface area contributed by atoms with Gasteiger partial charge in [-0.05, 0) is 36.8 Å². The maximum Gasteiger partial charge on any atom is 0.247 e. The average Bonchev–Trinajstić information content (AvgIpc) is 3.26. The lowest BCUT2D eigenvalue weighted by atomic mass is 10.2. The lowest BCUT2D eigenvalue weighted by molar-refractivity contribution is 0.496. The molecular weight excluding hydrogens is 371 g/mol. The van der Waals surface area contributed by atoms with Crippen molar-refractivity contribution in [2.75, 3.05) is 0 Å². The first kappa shape index (κ1) is 17.1. The molecule has 0 atom stereocenters. The number of H-pyrrole nitrogens is 1. The molecule has 1 N–H and O–H groups in total. The van der Waals surface area contributed by atoms with Gasteiger partial charge in [0.15, 0.2) is 0 Å². The van der Waals surface area contributed by atoms with Crippen LogP contribution in [0.5, 0.6) is 0 Å². The first-order valence-corrected chi connectivity index (χ1v) is 9.18. The highest BCUT2D eigenvalue weighted by atomic mass is 35.5. The van der Waals surface area contributed by atoms with Gasteiger partial charge in [-0.3, -0.25) is 0 Å². The second kappa shape index (κ2) is 7.09. The molecule has 0 saturated carbocycles. The van der Waals surface area contributed by atoms with Crippen LogP contribution in [0, 0.1) is 0 Å². The van der Waals surface area contributed by atoms with E-state index in [4.69, 9.17) is 27.6 Å². The van der Waals surface area contributed by atoms with E-state index < -0.39 is 0 Å². The Balaban J connectivity index is 1.71. The third-order valence-corrected chi connectivity index (χ3v) is 4.77. The number of aromatic nitrogens is 4. The van der Waals surface area contributed by atoms with E-state index in [0.29, 0.717) is 33.2 Å². The van der Waals surface area contributed by atoms with Gasteiger partial charge in [0.25, 0.3) is 0 Å². The molecule has 4 aromatic rings. The second-order valence-corrected chi connectivity index (χ2v) is 6.83. The minimum absolute atomic E-state index is 0.505. The average molecular weight is 387 g/mol. The van der Waals surface area contributed by atoms with Gasteiger partial charge in [0.05, 0.1) is 26.6 Å². The largest absolute Gasteiger partial charge is 0.421 e. The molecule has 4 rings (SSSR count). The summed E-state index contributed by atoms with van der Waals surface area (Å²) in [5, 5.41) is 9.36. The molecule has 5 nitrogen and oxygen atoms in total. The Kier molecular flexibility index (Phi) is 4.66. The summed E-state index contributed by atoms with van der Waals surface area (Å²) in [4.78, 5) is 7.87. The van der Waals surface area contributed by atoms with Crippen molar-refractivity contribution in [1.82, 2.24) is 20.2 Å². The van der Waals surface area contributed by atoms with Gasteiger partial charge in [-0.25, -0.2) is 4.98 Å². The van der Waals surface area contributed by atoms with Gasteiger partial charge in [0.1, 0.15) is 5.82 Å². The molecule has 7 heteroatoms. The molecule has 0 aliphatic rings. The molecule has 0 saturated heterocycles. The van der Waals surface area contributed by atoms with Crippen molar-refractivity contribution in [2.45, 2.75) is 26.2 Å². The number of halogens is 2. The highest BCUT2D eigenvalue weighted by molar-refractivity contribution is 6.39. The van der Waals surface area contributed by atoms with Crippen LogP contribution < -0.4 is 0 Å². The van der Waals surface area contributed by atoms with E-state index in [-0.39, 0.29) is 0 Å². The van der Waals surface area contributed by atoms with E-state index in [1.807, 2.05) is 18.2 Å². The summed E-state index contributed by atoms with van der Waals surface area (Å²) in [6.07, 6.45) is 2.92. The van der Waals surface area contributed by atoms with Crippen molar-refractivity contribution in [3.05, 3.63) is 52.3 Å². The summed E-state index contributed by atoms with van der Waals surface area (Å²) >= 11 is 12.6.